The Hall–Kier alpha value is -0.350. The maximum atomic E-state index is 9.31. The number of quaternary nitrogens is 1. The fourth-order valence-corrected chi connectivity index (χ4v) is 1.41. The number of nitrogens with zero attached hydrogens (tertiary/aromatic N) is 1. The third-order valence-corrected chi connectivity index (χ3v) is 2.00. The standard InChI is InChI=1S/C10H20NO2.ClH/c1-4-6-11(3,7-5-2)8-10(13)9-12;/h4-5,10,12-13H,1-2,6-9H2,3H3;1H/q+1;/p-1. The van der Waals surface area contributed by atoms with Crippen LogP contribution in [0.1, 0.15) is 0 Å². The SMILES string of the molecule is C=CC[N+](C)(CC=C)CC(O)CO.[Cl-]. The Labute approximate surface area is 92.4 Å². The second-order valence-corrected chi connectivity index (χ2v) is 3.58. The highest BCUT2D eigenvalue weighted by atomic mass is 35.5. The molecule has 0 heterocycles. The summed E-state index contributed by atoms with van der Waals surface area (Å²) in [6, 6.07) is 0. The number of hydrogen-bond acceptors (Lipinski definition) is 2. The van der Waals surface area contributed by atoms with E-state index in [9.17, 15) is 5.11 Å². The lowest BCUT2D eigenvalue weighted by Crippen LogP contribution is -3.00. The van der Waals surface area contributed by atoms with Crippen molar-refractivity contribution in [1.29, 1.82) is 0 Å². The molecule has 0 bridgehead atoms. The number of aliphatic hydroxyl groups excluding tert-OH is 2. The molecule has 2 N–H and O–H groups in total. The number of hydrogen-bond donors (Lipinski definition) is 2. The molecule has 0 radical (unpaired) electrons. The van der Waals surface area contributed by atoms with Crippen molar-refractivity contribution in [2.45, 2.75) is 6.10 Å². The highest BCUT2D eigenvalue weighted by Gasteiger charge is 2.22. The van der Waals surface area contributed by atoms with Gasteiger partial charge in [-0.15, -0.1) is 0 Å². The van der Waals surface area contributed by atoms with Gasteiger partial charge < -0.3 is 27.1 Å². The van der Waals surface area contributed by atoms with E-state index in [0.717, 1.165) is 13.1 Å². The van der Waals surface area contributed by atoms with Crippen LogP contribution in [0.25, 0.3) is 0 Å². The third kappa shape index (κ3) is 6.16. The van der Waals surface area contributed by atoms with E-state index in [1.807, 2.05) is 19.2 Å². The van der Waals surface area contributed by atoms with Gasteiger partial charge in [-0.1, -0.05) is 13.2 Å². The van der Waals surface area contributed by atoms with Gasteiger partial charge in [-0.25, -0.2) is 0 Å². The van der Waals surface area contributed by atoms with Crippen LogP contribution in [-0.4, -0.2) is 54.1 Å². The molecule has 0 saturated carbocycles. The van der Waals surface area contributed by atoms with Crippen LogP contribution in [0.5, 0.6) is 0 Å². The van der Waals surface area contributed by atoms with Gasteiger partial charge in [0, 0.05) is 0 Å². The number of likely N-dealkylation sites (N-methyl/N-ethyl adjacent to an activating group) is 1. The molecule has 1 atom stereocenters. The quantitative estimate of drug-likeness (QED) is 0.359. The van der Waals surface area contributed by atoms with Crippen LogP contribution in [0.3, 0.4) is 0 Å². The molecule has 3 nitrogen and oxygen atoms in total. The molecule has 4 heteroatoms. The van der Waals surface area contributed by atoms with E-state index in [1.165, 1.54) is 0 Å². The minimum atomic E-state index is -0.662. The van der Waals surface area contributed by atoms with Gasteiger partial charge in [0.15, 0.2) is 0 Å². The molecule has 1 unspecified atom stereocenters. The van der Waals surface area contributed by atoms with Gasteiger partial charge in [-0.05, 0) is 12.2 Å². The fraction of sp³-hybridized carbons (Fsp3) is 0.600. The molecule has 0 saturated heterocycles. The first-order valence-electron chi connectivity index (χ1n) is 4.42. The van der Waals surface area contributed by atoms with Crippen LogP contribution in [0.4, 0.5) is 0 Å². The first kappa shape index (κ1) is 16.1. The summed E-state index contributed by atoms with van der Waals surface area (Å²) in [4.78, 5) is 0. The van der Waals surface area contributed by atoms with E-state index in [2.05, 4.69) is 13.2 Å². The fourth-order valence-electron chi connectivity index (χ4n) is 1.41. The maximum absolute atomic E-state index is 9.31. The third-order valence-electron chi connectivity index (χ3n) is 2.00. The summed E-state index contributed by atoms with van der Waals surface area (Å²) in [7, 11) is 2.00. The Morgan fingerprint density at radius 3 is 2.00 bits per heavy atom. The van der Waals surface area contributed by atoms with Crippen LogP contribution in [-0.2, 0) is 0 Å². The van der Waals surface area contributed by atoms with E-state index >= 15 is 0 Å². The molecular weight excluding hydrogens is 202 g/mol. The average molecular weight is 222 g/mol. The van der Waals surface area contributed by atoms with Gasteiger partial charge in [0.1, 0.15) is 12.6 Å². The number of aliphatic hydroxyl groups is 2. The second-order valence-electron chi connectivity index (χ2n) is 3.58. The molecule has 0 aromatic heterocycles. The minimum Gasteiger partial charge on any atom is -1.00 e. The van der Waals surface area contributed by atoms with Gasteiger partial charge in [0.2, 0.25) is 0 Å². The first-order valence-corrected chi connectivity index (χ1v) is 4.42. The Kier molecular flexibility index (Phi) is 9.20. The molecule has 0 aromatic rings. The zero-order valence-corrected chi connectivity index (χ0v) is 9.45. The van der Waals surface area contributed by atoms with E-state index in [1.54, 1.807) is 0 Å². The highest BCUT2D eigenvalue weighted by Crippen LogP contribution is 2.04. The van der Waals surface area contributed by atoms with E-state index in [0.29, 0.717) is 11.0 Å². The molecule has 84 valence electrons. The lowest BCUT2D eigenvalue weighted by molar-refractivity contribution is -0.901. The van der Waals surface area contributed by atoms with Gasteiger partial charge >= 0.3 is 0 Å². The molecule has 0 aliphatic heterocycles. The van der Waals surface area contributed by atoms with Crippen molar-refractivity contribution >= 4 is 0 Å². The topological polar surface area (TPSA) is 40.5 Å². The van der Waals surface area contributed by atoms with Gasteiger partial charge in [0.25, 0.3) is 0 Å². The maximum Gasteiger partial charge on any atom is 0.126 e. The van der Waals surface area contributed by atoms with Crippen LogP contribution in [0.2, 0.25) is 0 Å². The molecule has 0 spiro atoms. The lowest BCUT2D eigenvalue weighted by atomic mass is 10.2. The zero-order valence-electron chi connectivity index (χ0n) is 8.69. The zero-order chi connectivity index (χ0) is 10.3. The van der Waals surface area contributed by atoms with Gasteiger partial charge in [-0.3, -0.25) is 0 Å². The summed E-state index contributed by atoms with van der Waals surface area (Å²) in [5.41, 5.74) is 0. The Morgan fingerprint density at radius 2 is 1.71 bits per heavy atom. The molecule has 0 aliphatic carbocycles. The summed E-state index contributed by atoms with van der Waals surface area (Å²) in [5.74, 6) is 0. The molecule has 14 heavy (non-hydrogen) atoms. The second kappa shape index (κ2) is 8.00. The van der Waals surface area contributed by atoms with Crippen LogP contribution < -0.4 is 12.4 Å². The van der Waals surface area contributed by atoms with Crippen molar-refractivity contribution in [3.05, 3.63) is 25.3 Å². The molecule has 0 fully saturated rings. The molecule has 0 aliphatic rings. The van der Waals surface area contributed by atoms with Gasteiger partial charge in [-0.2, -0.15) is 0 Å². The van der Waals surface area contributed by atoms with Crippen LogP contribution in [0.15, 0.2) is 25.3 Å². The van der Waals surface area contributed by atoms with E-state index in [4.69, 9.17) is 5.11 Å². The van der Waals surface area contributed by atoms with Crippen molar-refractivity contribution in [2.75, 3.05) is 33.3 Å². The van der Waals surface area contributed by atoms with Crippen molar-refractivity contribution in [3.8, 4) is 0 Å². The predicted octanol–water partition coefficient (Wildman–Crippen LogP) is -2.84. The molecule has 0 amide bonds. The Balaban J connectivity index is 0. The van der Waals surface area contributed by atoms with Crippen LogP contribution in [0, 0.1) is 0 Å². The van der Waals surface area contributed by atoms with Crippen molar-refractivity contribution in [3.63, 3.8) is 0 Å². The van der Waals surface area contributed by atoms with Crippen molar-refractivity contribution < 1.29 is 27.1 Å². The molecule has 0 aromatic carbocycles. The predicted molar refractivity (Wildman–Crippen MR) is 54.3 cm³/mol. The minimum absolute atomic E-state index is 0. The Morgan fingerprint density at radius 1 is 1.29 bits per heavy atom. The summed E-state index contributed by atoms with van der Waals surface area (Å²) >= 11 is 0. The summed E-state index contributed by atoms with van der Waals surface area (Å²) < 4.78 is 0.634. The number of rotatable bonds is 7. The molecular formula is C10H20ClNO2. The monoisotopic (exact) mass is 221 g/mol. The Bertz CT molecular complexity index is 164. The normalized spacial score (nSPS) is 12.8. The highest BCUT2D eigenvalue weighted by molar-refractivity contribution is 4.71. The summed E-state index contributed by atoms with van der Waals surface area (Å²) in [6.07, 6.45) is 2.96. The van der Waals surface area contributed by atoms with E-state index < -0.39 is 6.10 Å². The lowest BCUT2D eigenvalue weighted by Gasteiger charge is -2.33. The molecule has 0 rings (SSSR count). The van der Waals surface area contributed by atoms with Crippen molar-refractivity contribution in [2.24, 2.45) is 0 Å². The smallest absolute Gasteiger partial charge is 0.126 e. The van der Waals surface area contributed by atoms with Gasteiger partial charge in [0.05, 0.1) is 26.7 Å². The van der Waals surface area contributed by atoms with E-state index in [-0.39, 0.29) is 19.0 Å². The number of halogens is 1. The first-order chi connectivity index (χ1) is 6.08. The van der Waals surface area contributed by atoms with Crippen LogP contribution >= 0.6 is 0 Å². The summed E-state index contributed by atoms with van der Waals surface area (Å²) in [5, 5.41) is 18.0. The van der Waals surface area contributed by atoms with Crippen molar-refractivity contribution in [1.82, 2.24) is 0 Å². The summed E-state index contributed by atoms with van der Waals surface area (Å²) in [6.45, 7) is 9.20. The largest absolute Gasteiger partial charge is 1.00 e. The average Bonchev–Trinajstić information content (AvgIpc) is 2.04.